The van der Waals surface area contributed by atoms with Crippen molar-refractivity contribution in [3.63, 3.8) is 0 Å². The van der Waals surface area contributed by atoms with Crippen molar-refractivity contribution in [3.05, 3.63) is 81.2 Å². The fourth-order valence-corrected chi connectivity index (χ4v) is 5.43. The average molecular weight is 527 g/mol. The number of methoxy groups -OCH3 is 1. The fraction of sp³-hybridized carbons (Fsp3) is 0.154. The first-order valence-corrected chi connectivity index (χ1v) is 12.4. The topological polar surface area (TPSA) is 71.8 Å². The predicted octanol–water partition coefficient (Wildman–Crippen LogP) is 6.21. The Bertz CT molecular complexity index is 1440. The molecule has 9 heteroatoms. The van der Waals surface area contributed by atoms with Crippen LogP contribution >= 0.6 is 35.0 Å². The lowest BCUT2D eigenvalue weighted by atomic mass is 10.1. The Morgan fingerprint density at radius 2 is 1.54 bits per heavy atom. The van der Waals surface area contributed by atoms with Gasteiger partial charge < -0.3 is 14.4 Å². The number of hydrogen-bond acceptors (Lipinski definition) is 5. The van der Waals surface area contributed by atoms with Crippen molar-refractivity contribution in [3.8, 4) is 5.75 Å². The van der Waals surface area contributed by atoms with Crippen molar-refractivity contribution in [2.45, 2.75) is 12.6 Å². The van der Waals surface area contributed by atoms with Crippen LogP contribution in [0.5, 0.6) is 5.75 Å². The van der Waals surface area contributed by atoms with E-state index in [1.54, 1.807) is 37.5 Å². The van der Waals surface area contributed by atoms with Crippen molar-refractivity contribution in [2.24, 2.45) is 0 Å². The van der Waals surface area contributed by atoms with E-state index >= 15 is 0 Å². The average Bonchev–Trinajstić information content (AvgIpc) is 3.27. The maximum atomic E-state index is 12.9. The summed E-state index contributed by atoms with van der Waals surface area (Å²) < 4.78 is 7.10. The van der Waals surface area contributed by atoms with Crippen LogP contribution in [-0.2, 0) is 11.3 Å². The van der Waals surface area contributed by atoms with Crippen molar-refractivity contribution in [1.82, 2.24) is 9.47 Å². The largest absolute Gasteiger partial charge is 0.497 e. The van der Waals surface area contributed by atoms with E-state index in [-0.39, 0.29) is 13.1 Å². The Labute approximate surface area is 215 Å². The van der Waals surface area contributed by atoms with E-state index in [9.17, 15) is 14.7 Å². The molecule has 1 saturated heterocycles. The maximum absolute atomic E-state index is 12.9. The Kier molecular flexibility index (Phi) is 6.51. The van der Waals surface area contributed by atoms with Crippen LogP contribution in [0.1, 0.15) is 5.56 Å². The number of ether oxygens (including phenoxy) is 1. The van der Waals surface area contributed by atoms with Crippen LogP contribution in [0.2, 0.25) is 10.0 Å². The number of carbonyl (C=O) groups is 2. The molecular weight excluding hydrogens is 507 g/mol. The van der Waals surface area contributed by atoms with E-state index in [0.717, 1.165) is 44.0 Å². The van der Waals surface area contributed by atoms with Crippen LogP contribution in [0, 0.1) is 0 Å². The molecule has 0 spiro atoms. The summed E-state index contributed by atoms with van der Waals surface area (Å²) in [6.07, 6.45) is 0.686. The van der Waals surface area contributed by atoms with Gasteiger partial charge in [-0.05, 0) is 71.9 Å². The molecule has 0 aliphatic carbocycles. The van der Waals surface area contributed by atoms with Gasteiger partial charge in [-0.1, -0.05) is 35.3 Å². The van der Waals surface area contributed by atoms with Crippen LogP contribution in [0.3, 0.4) is 0 Å². The number of carbonyl (C=O) groups excluding carboxylic acids is 2. The number of aromatic nitrogens is 1. The summed E-state index contributed by atoms with van der Waals surface area (Å²) in [5.41, 5.74) is 2.53. The third-order valence-electron chi connectivity index (χ3n) is 5.86. The van der Waals surface area contributed by atoms with Crippen LogP contribution in [0.15, 0.2) is 65.6 Å². The zero-order valence-electron chi connectivity index (χ0n) is 18.6. The number of halogens is 2. The molecule has 6 nitrogen and oxygen atoms in total. The van der Waals surface area contributed by atoms with Gasteiger partial charge >= 0.3 is 0 Å². The third kappa shape index (κ3) is 4.65. The molecule has 0 bridgehead atoms. The number of thioether (sulfide) groups is 1. The van der Waals surface area contributed by atoms with Crippen LogP contribution in [0.4, 0.5) is 4.79 Å². The highest BCUT2D eigenvalue weighted by molar-refractivity contribution is 8.18. The molecule has 2 heterocycles. The fourth-order valence-electron chi connectivity index (χ4n) is 4.23. The van der Waals surface area contributed by atoms with Gasteiger partial charge in [0.2, 0.25) is 0 Å². The first kappa shape index (κ1) is 23.8. The summed E-state index contributed by atoms with van der Waals surface area (Å²) in [6, 6.07) is 18.2. The second-order valence-electron chi connectivity index (χ2n) is 8.15. The second-order valence-corrected chi connectivity index (χ2v) is 10.0. The molecule has 35 heavy (non-hydrogen) atoms. The van der Waals surface area contributed by atoms with Crippen molar-refractivity contribution >= 4 is 74.0 Å². The molecule has 1 atom stereocenters. The molecule has 1 aliphatic heterocycles. The first-order chi connectivity index (χ1) is 16.8. The number of β-amino-alcohol motifs (C(OH)–C–C–N with tert-alkyl or cyclic N) is 1. The molecule has 1 N–H and O–H groups in total. The zero-order valence-corrected chi connectivity index (χ0v) is 20.9. The Hall–Kier alpha value is -2.97. The molecule has 0 unspecified atom stereocenters. The minimum atomic E-state index is -0.978. The molecule has 178 valence electrons. The molecule has 0 radical (unpaired) electrons. The van der Waals surface area contributed by atoms with Gasteiger partial charge in [0.25, 0.3) is 11.1 Å². The zero-order chi connectivity index (χ0) is 24.7. The van der Waals surface area contributed by atoms with Crippen molar-refractivity contribution < 1.29 is 19.4 Å². The predicted molar refractivity (Wildman–Crippen MR) is 141 cm³/mol. The SMILES string of the molecule is COc1ccc(/C=C2/SC(=O)N(C[C@@H](O)Cn3c4ccc(Cl)cc4c4cc(Cl)ccc43)C2=O)cc1. The third-order valence-corrected chi connectivity index (χ3v) is 7.24. The van der Waals surface area contributed by atoms with Gasteiger partial charge in [-0.15, -0.1) is 0 Å². The van der Waals surface area contributed by atoms with E-state index < -0.39 is 17.3 Å². The molecule has 1 aromatic heterocycles. The monoisotopic (exact) mass is 526 g/mol. The summed E-state index contributed by atoms with van der Waals surface area (Å²) in [5.74, 6) is 0.281. The number of benzene rings is 3. The summed E-state index contributed by atoms with van der Waals surface area (Å²) in [5, 5.41) is 13.5. The maximum Gasteiger partial charge on any atom is 0.293 e. The van der Waals surface area contributed by atoms with Gasteiger partial charge in [-0.3, -0.25) is 14.5 Å². The molecular formula is C26H20Cl2N2O4S. The van der Waals surface area contributed by atoms with Gasteiger partial charge in [0.1, 0.15) is 5.75 Å². The van der Waals surface area contributed by atoms with Gasteiger partial charge in [0.15, 0.2) is 0 Å². The quantitative estimate of drug-likeness (QED) is 0.302. The number of fused-ring (bicyclic) bond motifs is 3. The minimum absolute atomic E-state index is 0.118. The summed E-state index contributed by atoms with van der Waals surface area (Å²) in [4.78, 5) is 26.9. The summed E-state index contributed by atoms with van der Waals surface area (Å²) in [6.45, 7) is 0.0650. The van der Waals surface area contributed by atoms with E-state index in [1.807, 2.05) is 41.0 Å². The normalized spacial score (nSPS) is 16.1. The smallest absolute Gasteiger partial charge is 0.293 e. The van der Waals surface area contributed by atoms with Gasteiger partial charge in [-0.2, -0.15) is 0 Å². The molecule has 5 rings (SSSR count). The summed E-state index contributed by atoms with van der Waals surface area (Å²) in [7, 11) is 1.58. The van der Waals surface area contributed by atoms with E-state index in [2.05, 4.69) is 0 Å². The molecule has 4 aromatic rings. The number of amides is 2. The number of imide groups is 1. The molecule has 1 fully saturated rings. The van der Waals surface area contributed by atoms with Crippen LogP contribution < -0.4 is 4.74 Å². The van der Waals surface area contributed by atoms with Crippen LogP contribution in [0.25, 0.3) is 27.9 Å². The van der Waals surface area contributed by atoms with Crippen molar-refractivity contribution in [2.75, 3.05) is 13.7 Å². The molecule has 1 aliphatic rings. The Morgan fingerprint density at radius 1 is 0.943 bits per heavy atom. The Morgan fingerprint density at radius 3 is 2.11 bits per heavy atom. The lowest BCUT2D eigenvalue weighted by Gasteiger charge is -2.19. The van der Waals surface area contributed by atoms with E-state index in [1.165, 1.54) is 0 Å². The minimum Gasteiger partial charge on any atom is -0.497 e. The number of hydrogen-bond donors (Lipinski definition) is 1. The molecule has 2 amide bonds. The Balaban J connectivity index is 1.38. The lowest BCUT2D eigenvalue weighted by molar-refractivity contribution is -0.123. The van der Waals surface area contributed by atoms with Crippen LogP contribution in [-0.4, -0.2) is 45.5 Å². The first-order valence-electron chi connectivity index (χ1n) is 10.8. The van der Waals surface area contributed by atoms with Gasteiger partial charge in [-0.25, -0.2) is 0 Å². The molecule has 0 saturated carbocycles. The summed E-state index contributed by atoms with van der Waals surface area (Å²) >= 11 is 13.3. The number of nitrogens with zero attached hydrogens (tertiary/aromatic N) is 2. The highest BCUT2D eigenvalue weighted by Crippen LogP contribution is 2.35. The van der Waals surface area contributed by atoms with Gasteiger partial charge in [0.05, 0.1) is 31.2 Å². The van der Waals surface area contributed by atoms with Gasteiger partial charge in [0, 0.05) is 31.9 Å². The van der Waals surface area contributed by atoms with E-state index in [4.69, 9.17) is 27.9 Å². The van der Waals surface area contributed by atoms with E-state index in [0.29, 0.717) is 20.7 Å². The number of aliphatic hydroxyl groups is 1. The highest BCUT2D eigenvalue weighted by atomic mass is 35.5. The van der Waals surface area contributed by atoms with Crippen molar-refractivity contribution in [1.29, 1.82) is 0 Å². The second kappa shape index (κ2) is 9.59. The number of aliphatic hydroxyl groups excluding tert-OH is 1. The number of rotatable bonds is 6. The standard InChI is InChI=1S/C26H20Cl2N2O4S/c1-34-19-6-2-15(3-7-19)10-24-25(32)30(26(33)35-24)14-18(31)13-29-22-8-4-16(27)11-20(22)21-12-17(28)5-9-23(21)29/h2-12,18,31H,13-14H2,1H3/b24-10+/t18-/m0/s1. The molecule has 3 aromatic carbocycles. The lowest BCUT2D eigenvalue weighted by Crippen LogP contribution is -2.37. The highest BCUT2D eigenvalue weighted by Gasteiger charge is 2.36.